The molecule has 0 bridgehead atoms. The molecule has 0 aromatic rings. The second kappa shape index (κ2) is 2.42. The first-order chi connectivity index (χ1) is 3.97. The van der Waals surface area contributed by atoms with Crippen LogP contribution in [0.25, 0.3) is 0 Å². The van der Waals surface area contributed by atoms with Gasteiger partial charge in [-0.25, -0.2) is 0 Å². The van der Waals surface area contributed by atoms with E-state index in [1.807, 2.05) is 0 Å². The largest absolute Gasteiger partial charge is 0.0610 e. The fraction of sp³-hybridized carbons (Fsp3) is 0. The van der Waals surface area contributed by atoms with Crippen LogP contribution in [-0.4, -0.2) is 0 Å². The van der Waals surface area contributed by atoms with E-state index in [4.69, 9.17) is 0 Å². The van der Waals surface area contributed by atoms with Crippen molar-refractivity contribution in [3.63, 3.8) is 0 Å². The van der Waals surface area contributed by atoms with Gasteiger partial charge in [0.25, 0.3) is 0 Å². The molecule has 0 fully saturated rings. The summed E-state index contributed by atoms with van der Waals surface area (Å²) in [5.74, 6) is 0. The molecule has 0 atom stereocenters. The molecule has 0 aromatic carbocycles. The Morgan fingerprint density at radius 2 is 1.22 bits per heavy atom. The molecular weight excluding hydrogens is 147 g/mol. The van der Waals surface area contributed by atoms with E-state index in [0.717, 1.165) is 0 Å². The number of hydrogen-bond donors (Lipinski definition) is 0. The van der Waals surface area contributed by atoms with Crippen LogP contribution in [-0.2, 0) is 18.6 Å². The molecule has 0 nitrogen and oxygen atoms in total. The van der Waals surface area contributed by atoms with Crippen LogP contribution >= 0.6 is 0 Å². The Bertz CT molecular complexity index is 203. The Labute approximate surface area is 66.5 Å². The molecule has 2 aliphatic rings. The van der Waals surface area contributed by atoms with Gasteiger partial charge in [-0.15, -0.1) is 0 Å². The molecule has 0 aliphatic heterocycles. The molecule has 1 radical (unpaired) electrons. The molecule has 0 spiro atoms. The van der Waals surface area contributed by atoms with E-state index in [1.54, 1.807) is 0 Å². The van der Waals surface area contributed by atoms with E-state index in [9.17, 15) is 0 Å². The summed E-state index contributed by atoms with van der Waals surface area (Å²) in [5, 5.41) is 0. The topological polar surface area (TPSA) is 0 Å². The third-order valence-corrected chi connectivity index (χ3v) is 1.44. The minimum Gasteiger partial charge on any atom is -0.0610 e. The van der Waals surface area contributed by atoms with Crippen molar-refractivity contribution in [2.75, 3.05) is 0 Å². The van der Waals surface area contributed by atoms with Crippen molar-refractivity contribution in [3.05, 3.63) is 47.6 Å². The normalized spacial score (nSPS) is 18.7. The van der Waals surface area contributed by atoms with Crippen LogP contribution in [0.1, 0.15) is 0 Å². The first-order valence-corrected chi connectivity index (χ1v) is 2.74. The van der Waals surface area contributed by atoms with E-state index >= 15 is 0 Å². The minimum absolute atomic E-state index is 0. The molecule has 2 rings (SSSR count). The van der Waals surface area contributed by atoms with Crippen molar-refractivity contribution < 1.29 is 18.6 Å². The maximum atomic E-state index is 2.12. The van der Waals surface area contributed by atoms with Crippen LogP contribution in [0.3, 0.4) is 0 Å². The molecule has 0 heterocycles. The number of hydrogen-bond acceptors (Lipinski definition) is 0. The second-order valence-electron chi connectivity index (χ2n) is 1.96. The summed E-state index contributed by atoms with van der Waals surface area (Å²) in [6, 6.07) is 0. The minimum atomic E-state index is 0. The van der Waals surface area contributed by atoms with Crippen molar-refractivity contribution >= 4 is 0 Å². The van der Waals surface area contributed by atoms with Crippen molar-refractivity contribution in [1.82, 2.24) is 0 Å². The zero-order valence-electron chi connectivity index (χ0n) is 4.91. The molecule has 0 saturated heterocycles. The van der Waals surface area contributed by atoms with Gasteiger partial charge in [0, 0.05) is 18.6 Å². The molecule has 0 N–H and O–H groups in total. The van der Waals surface area contributed by atoms with Crippen LogP contribution in [0, 0.1) is 0 Å². The van der Waals surface area contributed by atoms with Gasteiger partial charge in [-0.2, -0.15) is 0 Å². The molecule has 43 valence electrons. The fourth-order valence-electron chi connectivity index (χ4n) is 1.01. The molecule has 0 amide bonds. The van der Waals surface area contributed by atoms with Gasteiger partial charge < -0.3 is 0 Å². The van der Waals surface area contributed by atoms with Gasteiger partial charge in [-0.3, -0.25) is 0 Å². The van der Waals surface area contributed by atoms with Crippen LogP contribution in [0.4, 0.5) is 0 Å². The SMILES string of the molecule is C1=CC2=CC=CC2=C1.[V]. The molecule has 0 aromatic heterocycles. The van der Waals surface area contributed by atoms with Gasteiger partial charge in [0.2, 0.25) is 0 Å². The quantitative estimate of drug-likeness (QED) is 0.499. The molecule has 9 heavy (non-hydrogen) atoms. The number of allylic oxidation sites excluding steroid dienone is 8. The Morgan fingerprint density at radius 1 is 0.778 bits per heavy atom. The van der Waals surface area contributed by atoms with E-state index in [0.29, 0.717) is 0 Å². The zero-order chi connectivity index (χ0) is 5.40. The monoisotopic (exact) mass is 153 g/mol. The second-order valence-corrected chi connectivity index (χ2v) is 1.96. The summed E-state index contributed by atoms with van der Waals surface area (Å²) < 4.78 is 0. The van der Waals surface area contributed by atoms with Gasteiger partial charge in [0.15, 0.2) is 0 Å². The Balaban J connectivity index is 0.000000405. The van der Waals surface area contributed by atoms with Crippen molar-refractivity contribution in [2.45, 2.75) is 0 Å². The van der Waals surface area contributed by atoms with Gasteiger partial charge in [-0.1, -0.05) is 36.5 Å². The Morgan fingerprint density at radius 3 is 1.67 bits per heavy atom. The summed E-state index contributed by atoms with van der Waals surface area (Å²) in [6.07, 6.45) is 12.6. The van der Waals surface area contributed by atoms with Crippen LogP contribution in [0.15, 0.2) is 47.6 Å². The molecular formula is C8H6V. The summed E-state index contributed by atoms with van der Waals surface area (Å²) in [6.45, 7) is 0. The molecule has 0 unspecified atom stereocenters. The zero-order valence-corrected chi connectivity index (χ0v) is 6.31. The van der Waals surface area contributed by atoms with E-state index in [1.165, 1.54) is 11.1 Å². The average molecular weight is 153 g/mol. The third kappa shape index (κ3) is 0.960. The standard InChI is InChI=1S/C8H6.V/c1-3-7-5-2-6-8(7)4-1;/h1-6H;. The Kier molecular flexibility index (Phi) is 1.79. The van der Waals surface area contributed by atoms with E-state index < -0.39 is 0 Å². The predicted octanol–water partition coefficient (Wildman–Crippen LogP) is 1.98. The summed E-state index contributed by atoms with van der Waals surface area (Å²) in [7, 11) is 0. The van der Waals surface area contributed by atoms with E-state index in [2.05, 4.69) is 36.5 Å². The average Bonchev–Trinajstić information content (AvgIpc) is 2.15. The maximum Gasteiger partial charge on any atom is 0 e. The predicted molar refractivity (Wildman–Crippen MR) is 34.4 cm³/mol. The van der Waals surface area contributed by atoms with Crippen LogP contribution < -0.4 is 0 Å². The van der Waals surface area contributed by atoms with Crippen molar-refractivity contribution in [2.24, 2.45) is 0 Å². The first-order valence-electron chi connectivity index (χ1n) is 2.74. The number of fused-ring (bicyclic) bond motifs is 1. The van der Waals surface area contributed by atoms with E-state index in [-0.39, 0.29) is 18.6 Å². The fourth-order valence-corrected chi connectivity index (χ4v) is 1.01. The van der Waals surface area contributed by atoms with Crippen LogP contribution in [0.5, 0.6) is 0 Å². The molecule has 1 heteroatoms. The summed E-state index contributed by atoms with van der Waals surface area (Å²) in [5.41, 5.74) is 2.70. The van der Waals surface area contributed by atoms with Crippen molar-refractivity contribution in [3.8, 4) is 0 Å². The summed E-state index contributed by atoms with van der Waals surface area (Å²) in [4.78, 5) is 0. The summed E-state index contributed by atoms with van der Waals surface area (Å²) >= 11 is 0. The van der Waals surface area contributed by atoms with Gasteiger partial charge in [0.05, 0.1) is 0 Å². The number of rotatable bonds is 0. The third-order valence-electron chi connectivity index (χ3n) is 1.44. The Hall–Kier alpha value is -0.456. The van der Waals surface area contributed by atoms with Gasteiger partial charge in [0.1, 0.15) is 0 Å². The first kappa shape index (κ1) is 6.66. The molecule has 2 aliphatic carbocycles. The smallest absolute Gasteiger partial charge is 0 e. The van der Waals surface area contributed by atoms with Crippen LogP contribution in [0.2, 0.25) is 0 Å². The maximum absolute atomic E-state index is 2.12. The van der Waals surface area contributed by atoms with Crippen molar-refractivity contribution in [1.29, 1.82) is 0 Å². The van der Waals surface area contributed by atoms with Gasteiger partial charge >= 0.3 is 0 Å². The molecule has 0 saturated carbocycles. The van der Waals surface area contributed by atoms with Gasteiger partial charge in [-0.05, 0) is 11.1 Å².